The summed E-state index contributed by atoms with van der Waals surface area (Å²) in [6.45, 7) is 1.91. The number of aryl methyl sites for hydroxylation is 1. The van der Waals surface area contributed by atoms with Gasteiger partial charge in [0.05, 0.1) is 11.9 Å². The van der Waals surface area contributed by atoms with E-state index in [0.29, 0.717) is 11.1 Å². The molecule has 0 spiro atoms. The van der Waals surface area contributed by atoms with Gasteiger partial charge < -0.3 is 5.11 Å². The highest BCUT2D eigenvalue weighted by Crippen LogP contribution is 2.23. The molecule has 0 fully saturated rings. The van der Waals surface area contributed by atoms with Crippen LogP contribution in [0.15, 0.2) is 30.5 Å². The number of halogens is 3. The summed E-state index contributed by atoms with van der Waals surface area (Å²) in [5.74, 6) is -1.53. The average molecular weight is 312 g/mol. The Morgan fingerprint density at radius 3 is 2.73 bits per heavy atom. The molecule has 2 N–H and O–H groups in total. The van der Waals surface area contributed by atoms with Crippen LogP contribution in [0.2, 0.25) is 0 Å². The Hall–Kier alpha value is -2.15. The van der Waals surface area contributed by atoms with Gasteiger partial charge in [0.1, 0.15) is 6.04 Å². The molecule has 1 atom stereocenters. The van der Waals surface area contributed by atoms with Crippen LogP contribution in [0.1, 0.15) is 17.5 Å². The Balaban J connectivity index is 2.20. The number of rotatable bonds is 5. The first-order valence-corrected chi connectivity index (χ1v) is 6.64. The lowest BCUT2D eigenvalue weighted by Crippen LogP contribution is -2.39. The molecule has 1 aromatic carbocycles. The molecule has 2 aromatic rings. The summed E-state index contributed by atoms with van der Waals surface area (Å²) >= 11 is 0. The topological polar surface area (TPSA) is 62.2 Å². The Bertz CT molecular complexity index is 686. The van der Waals surface area contributed by atoms with E-state index < -0.39 is 24.6 Å². The van der Waals surface area contributed by atoms with E-state index >= 15 is 0 Å². The Labute approximate surface area is 125 Å². The van der Waals surface area contributed by atoms with E-state index in [1.54, 1.807) is 18.3 Å². The van der Waals surface area contributed by atoms with Crippen LogP contribution in [0.25, 0.3) is 10.9 Å². The van der Waals surface area contributed by atoms with Crippen LogP contribution in [-0.4, -0.2) is 28.3 Å². The van der Waals surface area contributed by atoms with Gasteiger partial charge in [-0.05, 0) is 24.1 Å². The summed E-state index contributed by atoms with van der Waals surface area (Å²) in [6, 6.07) is 5.53. The van der Waals surface area contributed by atoms with Crippen molar-refractivity contribution < 1.29 is 23.1 Å². The molecule has 118 valence electrons. The van der Waals surface area contributed by atoms with Crippen molar-refractivity contribution >= 4 is 16.9 Å². The van der Waals surface area contributed by atoms with Gasteiger partial charge in [0.15, 0.2) is 0 Å². The highest BCUT2D eigenvalue weighted by Gasteiger charge is 2.35. The number of aliphatic carboxylic acids is 1. The zero-order valence-corrected chi connectivity index (χ0v) is 11.8. The summed E-state index contributed by atoms with van der Waals surface area (Å²) in [4.78, 5) is 15.2. The molecular formula is C15H15F3N2O2. The maximum absolute atomic E-state index is 12.4. The normalized spacial score (nSPS) is 13.3. The molecule has 0 radical (unpaired) electrons. The number of nitrogens with zero attached hydrogens (tertiary/aromatic N) is 1. The second kappa shape index (κ2) is 6.31. The number of fused-ring (bicyclic) bond motifs is 1. The van der Waals surface area contributed by atoms with E-state index in [-0.39, 0.29) is 6.54 Å². The standard InChI is InChI=1S/C15H15F3N2O2/c1-9-4-5-10(13-11(9)3-2-6-19-13)8-20-12(14(21)22)7-15(16,17)18/h2-6,12,20H,7-8H2,1H3,(H,21,22). The van der Waals surface area contributed by atoms with Gasteiger partial charge in [0.25, 0.3) is 0 Å². The van der Waals surface area contributed by atoms with Crippen LogP contribution in [0.4, 0.5) is 13.2 Å². The number of hydrogen-bond donors (Lipinski definition) is 2. The number of benzene rings is 1. The SMILES string of the molecule is Cc1ccc(CNC(CC(F)(F)F)C(=O)O)c2ncccc12. The average Bonchev–Trinajstić information content (AvgIpc) is 2.44. The molecule has 1 aromatic heterocycles. The fourth-order valence-electron chi connectivity index (χ4n) is 2.23. The Morgan fingerprint density at radius 2 is 2.09 bits per heavy atom. The van der Waals surface area contributed by atoms with Crippen molar-refractivity contribution in [1.82, 2.24) is 10.3 Å². The zero-order valence-electron chi connectivity index (χ0n) is 11.8. The van der Waals surface area contributed by atoms with Crippen LogP contribution in [0.3, 0.4) is 0 Å². The van der Waals surface area contributed by atoms with Crippen molar-refractivity contribution in [3.63, 3.8) is 0 Å². The predicted molar refractivity (Wildman–Crippen MR) is 75.4 cm³/mol. The van der Waals surface area contributed by atoms with Crippen LogP contribution < -0.4 is 5.32 Å². The lowest BCUT2D eigenvalue weighted by atomic mass is 10.0. The van der Waals surface area contributed by atoms with Crippen molar-refractivity contribution in [1.29, 1.82) is 0 Å². The Morgan fingerprint density at radius 1 is 1.36 bits per heavy atom. The molecule has 4 nitrogen and oxygen atoms in total. The lowest BCUT2D eigenvalue weighted by molar-refractivity contribution is -0.158. The number of carboxylic acids is 1. The number of pyridine rings is 1. The van der Waals surface area contributed by atoms with Gasteiger partial charge in [-0.3, -0.25) is 15.1 Å². The van der Waals surface area contributed by atoms with Crippen molar-refractivity contribution in [3.05, 3.63) is 41.6 Å². The first kappa shape index (κ1) is 16.2. The van der Waals surface area contributed by atoms with Gasteiger partial charge in [-0.2, -0.15) is 13.2 Å². The quantitative estimate of drug-likeness (QED) is 0.891. The Kier molecular flexibility index (Phi) is 4.65. The van der Waals surface area contributed by atoms with Crippen LogP contribution in [-0.2, 0) is 11.3 Å². The predicted octanol–water partition coefficient (Wildman–Crippen LogP) is 3.04. The monoisotopic (exact) mass is 312 g/mol. The second-order valence-corrected chi connectivity index (χ2v) is 5.03. The van der Waals surface area contributed by atoms with E-state index in [1.807, 2.05) is 19.1 Å². The molecule has 0 saturated heterocycles. The van der Waals surface area contributed by atoms with E-state index in [1.165, 1.54) is 0 Å². The molecule has 1 unspecified atom stereocenters. The second-order valence-electron chi connectivity index (χ2n) is 5.03. The summed E-state index contributed by atoms with van der Waals surface area (Å²) in [5.41, 5.74) is 2.32. The first-order chi connectivity index (χ1) is 10.3. The number of carbonyl (C=O) groups is 1. The maximum Gasteiger partial charge on any atom is 0.391 e. The van der Waals surface area contributed by atoms with Crippen molar-refractivity contribution in [2.75, 3.05) is 0 Å². The van der Waals surface area contributed by atoms with Gasteiger partial charge in [-0.1, -0.05) is 18.2 Å². The van der Waals surface area contributed by atoms with Crippen molar-refractivity contribution in [2.45, 2.75) is 32.1 Å². The third-order valence-corrected chi connectivity index (χ3v) is 3.34. The molecule has 0 aliphatic heterocycles. The fourth-order valence-corrected chi connectivity index (χ4v) is 2.23. The highest BCUT2D eigenvalue weighted by molar-refractivity contribution is 5.84. The third-order valence-electron chi connectivity index (χ3n) is 3.34. The minimum Gasteiger partial charge on any atom is -0.480 e. The molecule has 0 aliphatic rings. The third kappa shape index (κ3) is 3.94. The number of hydrogen-bond acceptors (Lipinski definition) is 3. The van der Waals surface area contributed by atoms with Crippen LogP contribution in [0, 0.1) is 6.92 Å². The number of alkyl halides is 3. The van der Waals surface area contributed by atoms with Crippen LogP contribution in [0.5, 0.6) is 0 Å². The highest BCUT2D eigenvalue weighted by atomic mass is 19.4. The smallest absolute Gasteiger partial charge is 0.391 e. The van der Waals surface area contributed by atoms with Gasteiger partial charge in [-0.15, -0.1) is 0 Å². The van der Waals surface area contributed by atoms with Crippen LogP contribution >= 0.6 is 0 Å². The van der Waals surface area contributed by atoms with E-state index in [0.717, 1.165) is 10.9 Å². The molecule has 0 bridgehead atoms. The molecule has 0 amide bonds. The van der Waals surface area contributed by atoms with Gasteiger partial charge in [0.2, 0.25) is 0 Å². The van der Waals surface area contributed by atoms with Gasteiger partial charge in [0, 0.05) is 18.1 Å². The summed E-state index contributed by atoms with van der Waals surface area (Å²) < 4.78 is 37.1. The molecule has 22 heavy (non-hydrogen) atoms. The fraction of sp³-hybridized carbons (Fsp3) is 0.333. The molecule has 7 heteroatoms. The van der Waals surface area contributed by atoms with E-state index in [2.05, 4.69) is 10.3 Å². The van der Waals surface area contributed by atoms with Gasteiger partial charge in [-0.25, -0.2) is 0 Å². The number of carboxylic acid groups (broad SMARTS) is 1. The lowest BCUT2D eigenvalue weighted by Gasteiger charge is -2.17. The number of aromatic nitrogens is 1. The minimum absolute atomic E-state index is 0.000833. The van der Waals surface area contributed by atoms with E-state index in [9.17, 15) is 18.0 Å². The minimum atomic E-state index is -4.54. The molecule has 1 heterocycles. The first-order valence-electron chi connectivity index (χ1n) is 6.64. The number of nitrogens with one attached hydrogen (secondary N) is 1. The molecule has 0 saturated carbocycles. The molecule has 2 rings (SSSR count). The summed E-state index contributed by atoms with van der Waals surface area (Å²) in [6.07, 6.45) is -4.36. The summed E-state index contributed by atoms with van der Waals surface area (Å²) in [5, 5.41) is 12.2. The van der Waals surface area contributed by atoms with E-state index in [4.69, 9.17) is 5.11 Å². The largest absolute Gasteiger partial charge is 0.480 e. The van der Waals surface area contributed by atoms with Crippen molar-refractivity contribution in [2.24, 2.45) is 0 Å². The summed E-state index contributed by atoms with van der Waals surface area (Å²) in [7, 11) is 0. The maximum atomic E-state index is 12.4. The molecular weight excluding hydrogens is 297 g/mol. The van der Waals surface area contributed by atoms with Gasteiger partial charge >= 0.3 is 12.1 Å². The molecule has 0 aliphatic carbocycles. The zero-order chi connectivity index (χ0) is 16.3. The van der Waals surface area contributed by atoms with Crippen molar-refractivity contribution in [3.8, 4) is 0 Å².